The second-order valence-corrected chi connectivity index (χ2v) is 5.81. The van der Waals surface area contributed by atoms with Crippen LogP contribution >= 0.6 is 0 Å². The average molecular weight is 313 g/mol. The summed E-state index contributed by atoms with van der Waals surface area (Å²) in [5.74, 6) is 5.38. The van der Waals surface area contributed by atoms with E-state index in [0.717, 1.165) is 0 Å². The number of ether oxygens (including phenoxy) is 2. The van der Waals surface area contributed by atoms with Crippen LogP contribution < -0.4 is 9.46 Å². The van der Waals surface area contributed by atoms with E-state index in [1.165, 1.54) is 19.2 Å². The van der Waals surface area contributed by atoms with E-state index in [4.69, 9.17) is 14.6 Å². The lowest BCUT2D eigenvalue weighted by molar-refractivity contribution is 0.196. The number of sulfonamides is 1. The summed E-state index contributed by atoms with van der Waals surface area (Å²) in [4.78, 5) is 0.0205. The molecule has 1 rings (SSSR count). The van der Waals surface area contributed by atoms with E-state index >= 15 is 0 Å². The maximum absolute atomic E-state index is 12.3. The molecule has 21 heavy (non-hydrogen) atoms. The molecule has 0 aromatic heterocycles. The highest BCUT2D eigenvalue weighted by Gasteiger charge is 2.19. The number of methoxy groups -OCH3 is 2. The third-order valence-corrected chi connectivity index (χ3v) is 4.06. The van der Waals surface area contributed by atoms with Crippen molar-refractivity contribution in [1.82, 2.24) is 4.72 Å². The third kappa shape index (κ3) is 5.36. The summed E-state index contributed by atoms with van der Waals surface area (Å²) in [5, 5.41) is 8.68. The lowest BCUT2D eigenvalue weighted by Crippen LogP contribution is -2.26. The van der Waals surface area contributed by atoms with Crippen LogP contribution in [-0.4, -0.2) is 47.5 Å². The minimum atomic E-state index is -3.69. The topological polar surface area (TPSA) is 84.9 Å². The van der Waals surface area contributed by atoms with Crippen LogP contribution in [0.5, 0.6) is 5.75 Å². The lowest BCUT2D eigenvalue weighted by Gasteiger charge is -2.11. The molecular weight excluding hydrogens is 294 g/mol. The number of hydrogen-bond donors (Lipinski definition) is 2. The Morgan fingerprint density at radius 3 is 2.71 bits per heavy atom. The van der Waals surface area contributed by atoms with Crippen molar-refractivity contribution in [3.63, 3.8) is 0 Å². The van der Waals surface area contributed by atoms with E-state index in [1.54, 1.807) is 13.2 Å². The first-order valence-electron chi connectivity index (χ1n) is 6.31. The Labute approximate surface area is 125 Å². The SMILES string of the molecule is COCCCNS(=O)(=O)c1cc(C#CCO)ccc1OC. The number of aliphatic hydroxyl groups excluding tert-OH is 1. The van der Waals surface area contributed by atoms with Gasteiger partial charge in [0.1, 0.15) is 17.3 Å². The van der Waals surface area contributed by atoms with E-state index < -0.39 is 10.0 Å². The molecule has 0 aliphatic rings. The second kappa shape index (κ2) is 8.64. The zero-order valence-electron chi connectivity index (χ0n) is 12.0. The molecule has 0 amide bonds. The number of hydrogen-bond acceptors (Lipinski definition) is 5. The summed E-state index contributed by atoms with van der Waals surface area (Å²) >= 11 is 0. The zero-order chi connectivity index (χ0) is 15.7. The second-order valence-electron chi connectivity index (χ2n) is 4.07. The molecule has 0 spiro atoms. The first-order valence-corrected chi connectivity index (χ1v) is 7.80. The van der Waals surface area contributed by atoms with Gasteiger partial charge in [-0.1, -0.05) is 11.8 Å². The van der Waals surface area contributed by atoms with Crippen molar-refractivity contribution in [2.45, 2.75) is 11.3 Å². The van der Waals surface area contributed by atoms with Gasteiger partial charge in [0.2, 0.25) is 10.0 Å². The molecule has 2 N–H and O–H groups in total. The predicted molar refractivity (Wildman–Crippen MR) is 78.6 cm³/mol. The van der Waals surface area contributed by atoms with Crippen LogP contribution in [0.2, 0.25) is 0 Å². The van der Waals surface area contributed by atoms with Crippen molar-refractivity contribution in [2.24, 2.45) is 0 Å². The molecule has 0 fully saturated rings. The van der Waals surface area contributed by atoms with Crippen LogP contribution in [0.4, 0.5) is 0 Å². The van der Waals surface area contributed by atoms with Gasteiger partial charge in [0.25, 0.3) is 0 Å². The standard InChI is InChI=1S/C14H19NO5S/c1-19-10-4-8-15-21(17,18)14-11-12(5-3-9-16)6-7-13(14)20-2/h6-7,11,15-16H,4,8-10H2,1-2H3. The Morgan fingerprint density at radius 2 is 2.10 bits per heavy atom. The van der Waals surface area contributed by atoms with Gasteiger partial charge in [-0.15, -0.1) is 0 Å². The molecule has 1 aromatic rings. The smallest absolute Gasteiger partial charge is 0.244 e. The largest absolute Gasteiger partial charge is 0.495 e. The van der Waals surface area contributed by atoms with Crippen LogP contribution in [0, 0.1) is 11.8 Å². The van der Waals surface area contributed by atoms with Crippen LogP contribution in [0.15, 0.2) is 23.1 Å². The minimum absolute atomic E-state index is 0.0205. The Kier molecular flexibility index (Phi) is 7.19. The Balaban J connectivity index is 3.01. The fourth-order valence-electron chi connectivity index (χ4n) is 1.61. The van der Waals surface area contributed by atoms with Gasteiger partial charge in [0.15, 0.2) is 0 Å². The maximum Gasteiger partial charge on any atom is 0.244 e. The monoisotopic (exact) mass is 313 g/mol. The van der Waals surface area contributed by atoms with Gasteiger partial charge in [0, 0.05) is 25.8 Å². The molecule has 7 heteroatoms. The summed E-state index contributed by atoms with van der Waals surface area (Å²) in [5.41, 5.74) is 0.488. The normalized spacial score (nSPS) is 10.8. The van der Waals surface area contributed by atoms with Gasteiger partial charge in [-0.3, -0.25) is 0 Å². The lowest BCUT2D eigenvalue weighted by atomic mass is 10.2. The highest BCUT2D eigenvalue weighted by atomic mass is 32.2. The molecule has 0 saturated heterocycles. The van der Waals surface area contributed by atoms with Gasteiger partial charge in [-0.05, 0) is 24.6 Å². The zero-order valence-corrected chi connectivity index (χ0v) is 12.9. The molecule has 0 aliphatic heterocycles. The van der Waals surface area contributed by atoms with Crippen molar-refractivity contribution in [1.29, 1.82) is 0 Å². The molecule has 1 aromatic carbocycles. The molecular formula is C14H19NO5S. The quantitative estimate of drug-likeness (QED) is 0.561. The highest BCUT2D eigenvalue weighted by Crippen LogP contribution is 2.24. The summed E-state index contributed by atoms with van der Waals surface area (Å²) in [6.45, 7) is 0.455. The van der Waals surface area contributed by atoms with E-state index in [0.29, 0.717) is 18.6 Å². The minimum Gasteiger partial charge on any atom is -0.495 e. The van der Waals surface area contributed by atoms with E-state index in [2.05, 4.69) is 16.6 Å². The predicted octanol–water partition coefficient (Wildman–Crippen LogP) is 0.354. The van der Waals surface area contributed by atoms with Gasteiger partial charge in [0.05, 0.1) is 7.11 Å². The fourth-order valence-corrected chi connectivity index (χ4v) is 2.87. The number of rotatable bonds is 7. The van der Waals surface area contributed by atoms with Gasteiger partial charge >= 0.3 is 0 Å². The summed E-state index contributed by atoms with van der Waals surface area (Å²) in [7, 11) is -0.734. The first-order chi connectivity index (χ1) is 10.0. The highest BCUT2D eigenvalue weighted by molar-refractivity contribution is 7.89. The average Bonchev–Trinajstić information content (AvgIpc) is 2.49. The third-order valence-electron chi connectivity index (χ3n) is 2.58. The van der Waals surface area contributed by atoms with Crippen LogP contribution in [0.1, 0.15) is 12.0 Å². The van der Waals surface area contributed by atoms with Gasteiger partial charge in [-0.2, -0.15) is 0 Å². The van der Waals surface area contributed by atoms with E-state index in [-0.39, 0.29) is 23.8 Å². The molecule has 6 nitrogen and oxygen atoms in total. The molecule has 0 saturated carbocycles. The van der Waals surface area contributed by atoms with Gasteiger partial charge < -0.3 is 14.6 Å². The Bertz CT molecular complexity index is 616. The van der Waals surface area contributed by atoms with Crippen molar-refractivity contribution >= 4 is 10.0 Å². The molecule has 0 aliphatic carbocycles. The number of benzene rings is 1. The molecule has 0 atom stereocenters. The first kappa shape index (κ1) is 17.5. The maximum atomic E-state index is 12.3. The van der Waals surface area contributed by atoms with Gasteiger partial charge in [-0.25, -0.2) is 13.1 Å². The Morgan fingerprint density at radius 1 is 1.33 bits per heavy atom. The van der Waals surface area contributed by atoms with Crippen molar-refractivity contribution in [3.05, 3.63) is 23.8 Å². The Hall–Kier alpha value is -1.59. The van der Waals surface area contributed by atoms with E-state index in [1.807, 2.05) is 0 Å². The van der Waals surface area contributed by atoms with Crippen LogP contribution in [0.25, 0.3) is 0 Å². The van der Waals surface area contributed by atoms with Crippen LogP contribution in [-0.2, 0) is 14.8 Å². The molecule has 116 valence electrons. The molecule has 0 bridgehead atoms. The number of aliphatic hydroxyl groups is 1. The molecule has 0 unspecified atom stereocenters. The summed E-state index contributed by atoms with van der Waals surface area (Å²) in [6, 6.07) is 4.58. The number of nitrogens with one attached hydrogen (secondary N) is 1. The summed E-state index contributed by atoms with van der Waals surface area (Å²) < 4.78 is 37.0. The van der Waals surface area contributed by atoms with E-state index in [9.17, 15) is 8.42 Å². The summed E-state index contributed by atoms with van der Waals surface area (Å²) in [6.07, 6.45) is 0.571. The molecule has 0 heterocycles. The van der Waals surface area contributed by atoms with Crippen LogP contribution in [0.3, 0.4) is 0 Å². The molecule has 0 radical (unpaired) electrons. The van der Waals surface area contributed by atoms with Crippen molar-refractivity contribution < 1.29 is 23.0 Å². The van der Waals surface area contributed by atoms with Crippen molar-refractivity contribution in [2.75, 3.05) is 34.0 Å². The van der Waals surface area contributed by atoms with Crippen molar-refractivity contribution in [3.8, 4) is 17.6 Å². The fraction of sp³-hybridized carbons (Fsp3) is 0.429.